The van der Waals surface area contributed by atoms with E-state index in [0.29, 0.717) is 12.3 Å². The summed E-state index contributed by atoms with van der Waals surface area (Å²) in [6, 6.07) is 3.67. The van der Waals surface area contributed by atoms with Crippen LogP contribution in [-0.2, 0) is 9.53 Å². The molecule has 1 aromatic rings. The van der Waals surface area contributed by atoms with Gasteiger partial charge in [-0.25, -0.2) is 10.6 Å². The lowest BCUT2D eigenvalue weighted by molar-refractivity contribution is -0.137. The minimum atomic E-state index is -0.365. The summed E-state index contributed by atoms with van der Waals surface area (Å²) in [4.78, 5) is 11.2. The molecule has 4 N–H and O–H groups in total. The van der Waals surface area contributed by atoms with Gasteiger partial charge < -0.3 is 15.5 Å². The van der Waals surface area contributed by atoms with Crippen molar-refractivity contribution in [2.24, 2.45) is 5.84 Å². The highest BCUT2D eigenvalue weighted by molar-refractivity contribution is 5.88. The molecule has 0 atom stereocenters. The second kappa shape index (κ2) is 6.07. The van der Waals surface area contributed by atoms with Crippen LogP contribution in [0.4, 0.5) is 11.4 Å². The minimum absolute atomic E-state index is 0.362. The maximum atomic E-state index is 11.2. The Bertz CT molecular complexity index is 468. The number of nitrogens with zero attached hydrogens (tertiary/aromatic N) is 1. The zero-order valence-corrected chi connectivity index (χ0v) is 10.9. The third-order valence-corrected chi connectivity index (χ3v) is 2.60. The number of hydrazine groups is 1. The number of hydrogen-bond donors (Lipinski definition) is 2. The molecule has 98 valence electrons. The minimum Gasteiger partial charge on any atom is -0.463 e. The molecule has 0 saturated heterocycles. The van der Waals surface area contributed by atoms with E-state index in [0.717, 1.165) is 16.8 Å². The maximum Gasteiger partial charge on any atom is 0.330 e. The fourth-order valence-electron chi connectivity index (χ4n) is 1.57. The van der Waals surface area contributed by atoms with Gasteiger partial charge in [0.05, 0.1) is 18.0 Å². The first-order valence-corrected chi connectivity index (χ1v) is 5.69. The Morgan fingerprint density at radius 2 is 2.17 bits per heavy atom. The molecule has 0 amide bonds. The average Bonchev–Trinajstić information content (AvgIpc) is 2.31. The summed E-state index contributed by atoms with van der Waals surface area (Å²) in [7, 11) is 1.72. The fourth-order valence-corrected chi connectivity index (χ4v) is 1.57. The molecule has 0 aliphatic rings. The Morgan fingerprint density at radius 3 is 2.72 bits per heavy atom. The van der Waals surface area contributed by atoms with Crippen molar-refractivity contribution in [2.75, 3.05) is 24.4 Å². The van der Waals surface area contributed by atoms with Crippen LogP contribution in [0, 0.1) is 6.92 Å². The molecule has 18 heavy (non-hydrogen) atoms. The number of benzene rings is 1. The average molecular weight is 249 g/mol. The number of carbonyl (C=O) groups is 1. The van der Waals surface area contributed by atoms with Crippen LogP contribution in [0.15, 0.2) is 18.2 Å². The van der Waals surface area contributed by atoms with Gasteiger partial charge in [0.1, 0.15) is 0 Å². The highest BCUT2D eigenvalue weighted by Crippen LogP contribution is 2.27. The third kappa shape index (κ3) is 3.24. The highest BCUT2D eigenvalue weighted by atomic mass is 16.5. The molecule has 0 radical (unpaired) electrons. The number of nitrogen functional groups attached to an aromatic ring is 1. The van der Waals surface area contributed by atoms with Gasteiger partial charge in [0.15, 0.2) is 0 Å². The topological polar surface area (TPSA) is 81.6 Å². The molecule has 0 heterocycles. The Morgan fingerprint density at radius 1 is 1.50 bits per heavy atom. The number of anilines is 2. The molecule has 5 nitrogen and oxygen atoms in total. The molecule has 0 saturated carbocycles. The quantitative estimate of drug-likeness (QED) is 0.277. The van der Waals surface area contributed by atoms with Gasteiger partial charge in [-0.3, -0.25) is 0 Å². The summed E-state index contributed by atoms with van der Waals surface area (Å²) in [5, 5.41) is 1.46. The summed E-state index contributed by atoms with van der Waals surface area (Å²) in [5.41, 5.74) is 9.08. The van der Waals surface area contributed by atoms with E-state index in [1.54, 1.807) is 20.0 Å². The van der Waals surface area contributed by atoms with Crippen LogP contribution in [0.25, 0.3) is 6.08 Å². The first-order chi connectivity index (χ1) is 8.47. The van der Waals surface area contributed by atoms with Gasteiger partial charge >= 0.3 is 5.97 Å². The van der Waals surface area contributed by atoms with E-state index in [1.807, 2.05) is 19.1 Å². The van der Waals surface area contributed by atoms with Crippen LogP contribution >= 0.6 is 0 Å². The summed E-state index contributed by atoms with van der Waals surface area (Å²) in [6.07, 6.45) is 3.07. The molecule has 0 bridgehead atoms. The van der Waals surface area contributed by atoms with Crippen molar-refractivity contribution in [3.05, 3.63) is 29.3 Å². The molecule has 1 aromatic carbocycles. The molecule has 0 aromatic heterocycles. The van der Waals surface area contributed by atoms with E-state index in [-0.39, 0.29) is 5.97 Å². The van der Waals surface area contributed by atoms with Crippen molar-refractivity contribution in [3.8, 4) is 0 Å². The van der Waals surface area contributed by atoms with Gasteiger partial charge in [0, 0.05) is 13.1 Å². The molecule has 1 rings (SSSR count). The van der Waals surface area contributed by atoms with Crippen molar-refractivity contribution >= 4 is 23.4 Å². The molecule has 5 heteroatoms. The second-order valence-corrected chi connectivity index (χ2v) is 3.91. The number of esters is 1. The van der Waals surface area contributed by atoms with Crippen molar-refractivity contribution in [1.82, 2.24) is 0 Å². The zero-order valence-electron chi connectivity index (χ0n) is 10.9. The highest BCUT2D eigenvalue weighted by Gasteiger charge is 2.07. The van der Waals surface area contributed by atoms with E-state index in [2.05, 4.69) is 0 Å². The predicted molar refractivity (Wildman–Crippen MR) is 73.8 cm³/mol. The Labute approximate surface area is 107 Å². The maximum absolute atomic E-state index is 11.2. The van der Waals surface area contributed by atoms with Gasteiger partial charge in [-0.2, -0.15) is 0 Å². The lowest BCUT2D eigenvalue weighted by Crippen LogP contribution is -2.26. The van der Waals surface area contributed by atoms with E-state index >= 15 is 0 Å². The van der Waals surface area contributed by atoms with E-state index in [1.165, 1.54) is 11.1 Å². The lowest BCUT2D eigenvalue weighted by atomic mass is 10.0. The van der Waals surface area contributed by atoms with Crippen molar-refractivity contribution < 1.29 is 9.53 Å². The van der Waals surface area contributed by atoms with Crippen LogP contribution in [0.3, 0.4) is 0 Å². The van der Waals surface area contributed by atoms with E-state index < -0.39 is 0 Å². The van der Waals surface area contributed by atoms with E-state index in [4.69, 9.17) is 16.3 Å². The first kappa shape index (κ1) is 14.1. The Hall–Kier alpha value is -2.01. The van der Waals surface area contributed by atoms with Crippen molar-refractivity contribution in [2.45, 2.75) is 13.8 Å². The first-order valence-electron chi connectivity index (χ1n) is 5.69. The van der Waals surface area contributed by atoms with Crippen LogP contribution < -0.4 is 16.6 Å². The largest absolute Gasteiger partial charge is 0.463 e. The second-order valence-electron chi connectivity index (χ2n) is 3.91. The van der Waals surface area contributed by atoms with Crippen LogP contribution in [-0.4, -0.2) is 19.6 Å². The van der Waals surface area contributed by atoms with Gasteiger partial charge in [0.2, 0.25) is 0 Å². The SMILES string of the molecule is CCOC(=O)/C=C/c1ccc(N(C)N)c(N)c1C. The molecule has 0 spiro atoms. The third-order valence-electron chi connectivity index (χ3n) is 2.60. The van der Waals surface area contributed by atoms with Crippen molar-refractivity contribution in [3.63, 3.8) is 0 Å². The predicted octanol–water partition coefficient (Wildman–Crippen LogP) is 1.46. The monoisotopic (exact) mass is 249 g/mol. The smallest absolute Gasteiger partial charge is 0.330 e. The van der Waals surface area contributed by atoms with Crippen LogP contribution in [0.2, 0.25) is 0 Å². The number of nitrogens with two attached hydrogens (primary N) is 2. The summed E-state index contributed by atoms with van der Waals surface area (Å²) < 4.78 is 4.81. The molecule has 0 fully saturated rings. The van der Waals surface area contributed by atoms with Crippen molar-refractivity contribution in [1.29, 1.82) is 0 Å². The normalized spacial score (nSPS) is 10.7. The zero-order chi connectivity index (χ0) is 13.7. The van der Waals surface area contributed by atoms with Gasteiger partial charge in [-0.15, -0.1) is 0 Å². The fraction of sp³-hybridized carbons (Fsp3) is 0.308. The number of ether oxygens (including phenoxy) is 1. The number of carbonyl (C=O) groups excluding carboxylic acids is 1. The Balaban J connectivity index is 2.99. The standard InChI is InChI=1S/C13H19N3O2/c1-4-18-12(17)8-6-10-5-7-11(16(3)15)13(14)9(10)2/h5-8H,4,14-15H2,1-3H3/b8-6+. The van der Waals surface area contributed by atoms with Gasteiger partial charge in [0.25, 0.3) is 0 Å². The van der Waals surface area contributed by atoms with E-state index in [9.17, 15) is 4.79 Å². The van der Waals surface area contributed by atoms with Crippen LogP contribution in [0.1, 0.15) is 18.1 Å². The molecule has 0 aliphatic carbocycles. The summed E-state index contributed by atoms with van der Waals surface area (Å²) in [6.45, 7) is 4.01. The summed E-state index contributed by atoms with van der Waals surface area (Å²) >= 11 is 0. The molecule has 0 aliphatic heterocycles. The molecule has 0 unspecified atom stereocenters. The molecular weight excluding hydrogens is 230 g/mol. The lowest BCUT2D eigenvalue weighted by Gasteiger charge is -2.17. The van der Waals surface area contributed by atoms with Crippen LogP contribution in [0.5, 0.6) is 0 Å². The van der Waals surface area contributed by atoms with Gasteiger partial charge in [-0.1, -0.05) is 6.07 Å². The Kier molecular flexibility index (Phi) is 4.74. The number of rotatable bonds is 4. The summed E-state index contributed by atoms with van der Waals surface area (Å²) in [5.74, 6) is 5.29. The number of hydrogen-bond acceptors (Lipinski definition) is 5. The van der Waals surface area contributed by atoms with Gasteiger partial charge in [-0.05, 0) is 37.1 Å². The molecular formula is C13H19N3O2.